The molecular weight excluding hydrogens is 526 g/mol. The third-order valence-corrected chi connectivity index (χ3v) is 7.40. The summed E-state index contributed by atoms with van der Waals surface area (Å²) in [5.74, 6) is -4.75. The molecule has 41 heavy (non-hydrogen) atoms. The predicted octanol–water partition coefficient (Wildman–Crippen LogP) is 3.72. The molecule has 3 atom stereocenters. The Labute approximate surface area is 245 Å². The number of likely N-dealkylation sites (N-methyl/N-ethyl adjacent to an activating group) is 1. The van der Waals surface area contributed by atoms with Crippen molar-refractivity contribution >= 4 is 29.5 Å². The number of unbranched alkanes of at least 4 members (excludes halogenated alkanes) is 11. The Morgan fingerprint density at radius 2 is 1.49 bits per heavy atom. The smallest absolute Gasteiger partial charge is 0.325 e. The Morgan fingerprint density at radius 1 is 0.951 bits per heavy atom. The summed E-state index contributed by atoms with van der Waals surface area (Å²) in [5, 5.41) is 15.4. The molecule has 0 saturated heterocycles. The standard InChI is InChI=1S/C31H51N3O7/c1-6-7-8-9-10-11-12-13-14-15-16-17-18-25-24(3)29(38)31(4,40)30(39)32-21-26(35)33-23(2)19-20-27(36)34(5)22-28(37)41-25/h19-20,24-25,40H,2,6-18,21-22H2,1,3-5H3,(H,32,39)(H,33,35)/t24-,25-,31-/m0/s1. The SMILES string of the molecule is C=C1C=CC(=O)N(C)CC(=O)O[C@@H](CCCCCCCCCCCCCC)[C@H](C)C(=O)[C@](C)(O)C(=O)NCC(=O)N1. The number of aliphatic hydroxyl groups is 1. The highest BCUT2D eigenvalue weighted by atomic mass is 16.5. The Bertz CT molecular complexity index is 929. The van der Waals surface area contributed by atoms with Gasteiger partial charge in [-0.15, -0.1) is 0 Å². The second-order valence-electron chi connectivity index (χ2n) is 11.2. The van der Waals surface area contributed by atoms with E-state index < -0.39 is 53.6 Å². The van der Waals surface area contributed by atoms with Gasteiger partial charge in [0.1, 0.15) is 12.6 Å². The van der Waals surface area contributed by atoms with Gasteiger partial charge >= 0.3 is 5.97 Å². The Balaban J connectivity index is 2.81. The van der Waals surface area contributed by atoms with Crippen LogP contribution in [-0.2, 0) is 28.7 Å². The van der Waals surface area contributed by atoms with Crippen LogP contribution in [0.2, 0.25) is 0 Å². The molecule has 3 amide bonds. The van der Waals surface area contributed by atoms with Crippen molar-refractivity contribution in [2.24, 2.45) is 5.92 Å². The van der Waals surface area contributed by atoms with E-state index in [0.29, 0.717) is 12.8 Å². The molecule has 10 heteroatoms. The number of Topliss-reactive ketones (excluding diaryl/α,β-unsaturated/α-hetero) is 1. The third-order valence-electron chi connectivity index (χ3n) is 7.40. The van der Waals surface area contributed by atoms with Crippen LogP contribution in [0.25, 0.3) is 0 Å². The average Bonchev–Trinajstić information content (AvgIpc) is 2.92. The number of ketones is 1. The molecule has 0 radical (unpaired) electrons. The van der Waals surface area contributed by atoms with E-state index in [4.69, 9.17) is 4.74 Å². The van der Waals surface area contributed by atoms with E-state index in [1.54, 1.807) is 0 Å². The number of rotatable bonds is 13. The Morgan fingerprint density at radius 3 is 2.05 bits per heavy atom. The number of esters is 1. The first-order valence-electron chi connectivity index (χ1n) is 15.1. The van der Waals surface area contributed by atoms with Gasteiger partial charge in [0.15, 0.2) is 11.4 Å². The molecule has 1 heterocycles. The number of nitrogens with zero attached hydrogens (tertiary/aromatic N) is 1. The average molecular weight is 578 g/mol. The first kappa shape index (κ1) is 36.0. The fraction of sp³-hybridized carbons (Fsp3) is 0.710. The lowest BCUT2D eigenvalue weighted by molar-refractivity contribution is -0.162. The molecule has 10 nitrogen and oxygen atoms in total. The van der Waals surface area contributed by atoms with Crippen LogP contribution >= 0.6 is 0 Å². The first-order chi connectivity index (χ1) is 19.4. The molecule has 0 aliphatic carbocycles. The van der Waals surface area contributed by atoms with Crippen LogP contribution in [0.5, 0.6) is 0 Å². The number of ether oxygens (including phenoxy) is 1. The molecule has 0 unspecified atom stereocenters. The van der Waals surface area contributed by atoms with Gasteiger partial charge in [0, 0.05) is 18.8 Å². The van der Waals surface area contributed by atoms with Crippen molar-refractivity contribution in [2.75, 3.05) is 20.1 Å². The van der Waals surface area contributed by atoms with E-state index >= 15 is 0 Å². The number of hydrogen-bond donors (Lipinski definition) is 3. The zero-order valence-electron chi connectivity index (χ0n) is 25.5. The molecule has 0 aromatic heterocycles. The molecule has 0 bridgehead atoms. The van der Waals surface area contributed by atoms with E-state index in [1.165, 1.54) is 71.4 Å². The van der Waals surface area contributed by atoms with Crippen LogP contribution in [-0.4, -0.2) is 71.3 Å². The highest BCUT2D eigenvalue weighted by Gasteiger charge is 2.44. The van der Waals surface area contributed by atoms with Gasteiger partial charge in [0.05, 0.1) is 12.5 Å². The minimum atomic E-state index is -2.45. The van der Waals surface area contributed by atoms with Crippen molar-refractivity contribution in [1.29, 1.82) is 0 Å². The number of carbonyl (C=O) groups is 5. The van der Waals surface area contributed by atoms with Crippen LogP contribution in [0.4, 0.5) is 0 Å². The zero-order valence-corrected chi connectivity index (χ0v) is 25.5. The molecule has 0 saturated carbocycles. The molecule has 1 aliphatic rings. The number of allylic oxidation sites excluding steroid dienone is 1. The Kier molecular flexibility index (Phi) is 16.8. The molecule has 0 aromatic carbocycles. The van der Waals surface area contributed by atoms with Crippen molar-refractivity contribution in [3.8, 4) is 0 Å². The molecule has 232 valence electrons. The third kappa shape index (κ3) is 13.9. The van der Waals surface area contributed by atoms with Crippen LogP contribution < -0.4 is 10.6 Å². The molecule has 3 N–H and O–H groups in total. The predicted molar refractivity (Wildman–Crippen MR) is 157 cm³/mol. The van der Waals surface area contributed by atoms with Crippen molar-refractivity contribution in [2.45, 2.75) is 116 Å². The van der Waals surface area contributed by atoms with Gasteiger partial charge in [-0.25, -0.2) is 0 Å². The minimum Gasteiger partial charge on any atom is -0.460 e. The van der Waals surface area contributed by atoms with Gasteiger partial charge in [-0.1, -0.05) is 91.1 Å². The van der Waals surface area contributed by atoms with Gasteiger partial charge in [0.25, 0.3) is 5.91 Å². The molecule has 0 fully saturated rings. The highest BCUT2D eigenvalue weighted by Crippen LogP contribution is 2.23. The molecular formula is C31H51N3O7. The zero-order chi connectivity index (χ0) is 30.8. The maximum atomic E-state index is 13.2. The Hall–Kier alpha value is -3.01. The summed E-state index contributed by atoms with van der Waals surface area (Å²) >= 11 is 0. The molecule has 1 aliphatic heterocycles. The summed E-state index contributed by atoms with van der Waals surface area (Å²) in [7, 11) is 1.42. The van der Waals surface area contributed by atoms with E-state index in [2.05, 4.69) is 24.1 Å². The highest BCUT2D eigenvalue weighted by molar-refractivity contribution is 6.10. The second kappa shape index (κ2) is 19.2. The van der Waals surface area contributed by atoms with Crippen molar-refractivity contribution in [1.82, 2.24) is 15.5 Å². The summed E-state index contributed by atoms with van der Waals surface area (Å²) in [6.07, 6.45) is 15.8. The lowest BCUT2D eigenvalue weighted by atomic mass is 9.85. The van der Waals surface area contributed by atoms with Crippen molar-refractivity contribution in [3.05, 3.63) is 24.4 Å². The topological polar surface area (TPSA) is 142 Å². The van der Waals surface area contributed by atoms with E-state index in [1.807, 2.05) is 0 Å². The van der Waals surface area contributed by atoms with E-state index in [0.717, 1.165) is 37.2 Å². The maximum absolute atomic E-state index is 13.2. The molecule has 1 rings (SSSR count). The largest absolute Gasteiger partial charge is 0.460 e. The quantitative estimate of drug-likeness (QED) is 0.172. The molecule has 0 spiro atoms. The van der Waals surface area contributed by atoms with Crippen LogP contribution in [0.3, 0.4) is 0 Å². The fourth-order valence-electron chi connectivity index (χ4n) is 4.70. The summed E-state index contributed by atoms with van der Waals surface area (Å²) in [4.78, 5) is 64.3. The summed E-state index contributed by atoms with van der Waals surface area (Å²) in [6, 6.07) is 0. The summed E-state index contributed by atoms with van der Waals surface area (Å²) in [5.41, 5.74) is -2.37. The minimum absolute atomic E-state index is 0.0804. The van der Waals surface area contributed by atoms with Gasteiger partial charge < -0.3 is 25.4 Å². The van der Waals surface area contributed by atoms with Crippen molar-refractivity contribution < 1.29 is 33.8 Å². The maximum Gasteiger partial charge on any atom is 0.325 e. The van der Waals surface area contributed by atoms with Crippen LogP contribution in [0.15, 0.2) is 24.4 Å². The lowest BCUT2D eigenvalue weighted by Crippen LogP contribution is -2.55. The normalized spacial score (nSPS) is 23.7. The number of amides is 3. The van der Waals surface area contributed by atoms with Gasteiger partial charge in [-0.05, 0) is 25.8 Å². The first-order valence-corrected chi connectivity index (χ1v) is 15.1. The number of cyclic esters (lactones) is 1. The van der Waals surface area contributed by atoms with Crippen LogP contribution in [0, 0.1) is 5.92 Å². The second-order valence-corrected chi connectivity index (χ2v) is 11.2. The van der Waals surface area contributed by atoms with Gasteiger partial charge in [-0.2, -0.15) is 0 Å². The monoisotopic (exact) mass is 577 g/mol. The number of nitrogens with one attached hydrogen (secondary N) is 2. The van der Waals surface area contributed by atoms with Crippen molar-refractivity contribution in [3.63, 3.8) is 0 Å². The summed E-state index contributed by atoms with van der Waals surface area (Å²) < 4.78 is 5.64. The van der Waals surface area contributed by atoms with Gasteiger partial charge in [0.2, 0.25) is 11.8 Å². The van der Waals surface area contributed by atoms with E-state index in [9.17, 15) is 29.1 Å². The number of carbonyl (C=O) groups excluding carboxylic acids is 5. The molecule has 0 aromatic rings. The number of hydrogen-bond acceptors (Lipinski definition) is 7. The van der Waals surface area contributed by atoms with Crippen LogP contribution in [0.1, 0.15) is 104 Å². The van der Waals surface area contributed by atoms with Gasteiger partial charge in [-0.3, -0.25) is 24.0 Å². The fourth-order valence-corrected chi connectivity index (χ4v) is 4.70. The van der Waals surface area contributed by atoms with E-state index in [-0.39, 0.29) is 12.2 Å². The summed E-state index contributed by atoms with van der Waals surface area (Å²) in [6.45, 7) is 7.51. The lowest BCUT2D eigenvalue weighted by Gasteiger charge is -2.29.